The number of aliphatic hydroxyl groups is 1. The second kappa shape index (κ2) is 13.6. The highest BCUT2D eigenvalue weighted by molar-refractivity contribution is 6.04. The number of ether oxygens (including phenoxy) is 1. The molecule has 0 spiro atoms. The average Bonchev–Trinajstić information content (AvgIpc) is 2.87. The predicted molar refractivity (Wildman–Crippen MR) is 132 cm³/mol. The van der Waals surface area contributed by atoms with E-state index in [-0.39, 0.29) is 32.4 Å². The topological polar surface area (TPSA) is 211 Å². The van der Waals surface area contributed by atoms with Gasteiger partial charge in [-0.3, -0.25) is 14.5 Å². The van der Waals surface area contributed by atoms with Gasteiger partial charge < -0.3 is 30.5 Å². The second-order valence-electron chi connectivity index (χ2n) is 9.59. The van der Waals surface area contributed by atoms with Gasteiger partial charge in [0, 0.05) is 13.0 Å². The summed E-state index contributed by atoms with van der Waals surface area (Å²) in [6.07, 6.45) is -3.58. The number of aliphatic hydroxyl groups excluding tert-OH is 1. The number of rotatable bonds is 14. The molecule has 0 radical (unpaired) electrons. The second-order valence-corrected chi connectivity index (χ2v) is 9.59. The van der Waals surface area contributed by atoms with Gasteiger partial charge in [0.15, 0.2) is 0 Å². The standard InChI is InChI=1S/C25H33N3O11/c1-25(2)21(35)27(24(38)28(22(25)36)17(20(33)34)11-12-18(29)30)16(19(31)32)10-6-7-13-26-23(37)39-14-15-8-4-3-5-9-15/h3-5,8-9,16-17,21,35H,6-7,10-14H2,1-2H3,(H,26,37)(H,29,30)(H,31,32)(H,33,34)/t16-,17?,21?/m0/s1. The van der Waals surface area contributed by atoms with E-state index in [2.05, 4.69) is 5.32 Å². The smallest absolute Gasteiger partial charge is 0.407 e. The summed E-state index contributed by atoms with van der Waals surface area (Å²) < 4.78 is 5.09. The molecule has 39 heavy (non-hydrogen) atoms. The van der Waals surface area contributed by atoms with Crippen LogP contribution in [0, 0.1) is 5.41 Å². The fraction of sp³-hybridized carbons (Fsp3) is 0.520. The van der Waals surface area contributed by atoms with Crippen LogP contribution in [-0.2, 0) is 30.5 Å². The van der Waals surface area contributed by atoms with Gasteiger partial charge >= 0.3 is 30.0 Å². The van der Waals surface area contributed by atoms with Crippen molar-refractivity contribution in [2.75, 3.05) is 6.54 Å². The van der Waals surface area contributed by atoms with E-state index in [9.17, 15) is 44.1 Å². The molecule has 214 valence electrons. The van der Waals surface area contributed by atoms with Crippen LogP contribution in [0.3, 0.4) is 0 Å². The monoisotopic (exact) mass is 551 g/mol. The summed E-state index contributed by atoms with van der Waals surface area (Å²) in [6.45, 7) is 2.65. The lowest BCUT2D eigenvalue weighted by molar-refractivity contribution is -0.177. The Kier molecular flexibility index (Phi) is 10.8. The number of nitrogens with zero attached hydrogens (tertiary/aromatic N) is 2. The number of aliphatic carboxylic acids is 3. The van der Waals surface area contributed by atoms with E-state index in [0.717, 1.165) is 5.56 Å². The van der Waals surface area contributed by atoms with Crippen molar-refractivity contribution in [3.63, 3.8) is 0 Å². The lowest BCUT2D eigenvalue weighted by atomic mass is 9.84. The lowest BCUT2D eigenvalue weighted by Gasteiger charge is -2.49. The number of benzene rings is 1. The van der Waals surface area contributed by atoms with E-state index in [1.54, 1.807) is 24.3 Å². The molecule has 14 heteroatoms. The summed E-state index contributed by atoms with van der Waals surface area (Å²) in [5, 5.41) is 41.7. The molecule has 1 aliphatic rings. The van der Waals surface area contributed by atoms with Gasteiger partial charge in [-0.15, -0.1) is 0 Å². The molecule has 0 aliphatic carbocycles. The highest BCUT2D eigenvalue weighted by Crippen LogP contribution is 2.36. The van der Waals surface area contributed by atoms with Crippen LogP contribution in [0.5, 0.6) is 0 Å². The maximum absolute atomic E-state index is 13.3. The van der Waals surface area contributed by atoms with E-state index in [4.69, 9.17) is 9.84 Å². The Hall–Kier alpha value is -4.20. The zero-order valence-corrected chi connectivity index (χ0v) is 21.6. The molecule has 0 bridgehead atoms. The van der Waals surface area contributed by atoms with Gasteiger partial charge in [-0.25, -0.2) is 24.1 Å². The molecule has 1 aromatic carbocycles. The van der Waals surface area contributed by atoms with Crippen LogP contribution in [-0.4, -0.2) is 91.0 Å². The van der Waals surface area contributed by atoms with Crippen LogP contribution in [0.15, 0.2) is 30.3 Å². The third kappa shape index (κ3) is 7.89. The molecule has 0 aromatic heterocycles. The highest BCUT2D eigenvalue weighted by atomic mass is 16.5. The Labute approximate surface area is 224 Å². The number of nitrogens with one attached hydrogen (secondary N) is 1. The molecule has 2 unspecified atom stereocenters. The first-order valence-corrected chi connectivity index (χ1v) is 12.2. The van der Waals surface area contributed by atoms with E-state index in [1.807, 2.05) is 6.07 Å². The van der Waals surface area contributed by atoms with Gasteiger partial charge in [-0.1, -0.05) is 30.3 Å². The van der Waals surface area contributed by atoms with Crippen molar-refractivity contribution in [1.29, 1.82) is 0 Å². The molecule has 5 N–H and O–H groups in total. The van der Waals surface area contributed by atoms with Crippen LogP contribution in [0.1, 0.15) is 51.5 Å². The summed E-state index contributed by atoms with van der Waals surface area (Å²) in [6, 6.07) is 4.13. The van der Waals surface area contributed by atoms with Crippen molar-refractivity contribution in [3.05, 3.63) is 35.9 Å². The fourth-order valence-corrected chi connectivity index (χ4v) is 4.10. The number of carbonyl (C=O) groups is 6. The van der Waals surface area contributed by atoms with Crippen LogP contribution in [0.2, 0.25) is 0 Å². The third-order valence-corrected chi connectivity index (χ3v) is 6.34. The van der Waals surface area contributed by atoms with Crippen LogP contribution < -0.4 is 5.32 Å². The number of amides is 4. The Morgan fingerprint density at radius 1 is 0.974 bits per heavy atom. The van der Waals surface area contributed by atoms with Crippen molar-refractivity contribution in [2.24, 2.45) is 5.41 Å². The van der Waals surface area contributed by atoms with Crippen molar-refractivity contribution in [2.45, 2.75) is 70.9 Å². The van der Waals surface area contributed by atoms with E-state index in [0.29, 0.717) is 9.80 Å². The normalized spacial score (nSPS) is 18.3. The van der Waals surface area contributed by atoms with Gasteiger partial charge in [0.05, 0.1) is 5.41 Å². The van der Waals surface area contributed by atoms with Gasteiger partial charge in [-0.2, -0.15) is 0 Å². The molecule has 1 saturated heterocycles. The molecule has 3 atom stereocenters. The molecule has 2 rings (SSSR count). The minimum atomic E-state index is -1.89. The molecule has 0 saturated carbocycles. The van der Waals surface area contributed by atoms with Crippen LogP contribution in [0.25, 0.3) is 0 Å². The van der Waals surface area contributed by atoms with Crippen LogP contribution in [0.4, 0.5) is 9.59 Å². The molecule has 1 aromatic rings. The van der Waals surface area contributed by atoms with E-state index >= 15 is 0 Å². The number of carboxylic acids is 3. The number of hydrogen-bond donors (Lipinski definition) is 5. The first-order chi connectivity index (χ1) is 18.3. The highest BCUT2D eigenvalue weighted by Gasteiger charge is 2.56. The van der Waals surface area contributed by atoms with Gasteiger partial charge in [0.1, 0.15) is 24.9 Å². The van der Waals surface area contributed by atoms with Crippen molar-refractivity contribution in [1.82, 2.24) is 15.1 Å². The summed E-state index contributed by atoms with van der Waals surface area (Å²) in [5.41, 5.74) is -0.993. The van der Waals surface area contributed by atoms with Gasteiger partial charge in [-0.05, 0) is 45.1 Å². The van der Waals surface area contributed by atoms with Crippen molar-refractivity contribution >= 4 is 35.9 Å². The Morgan fingerprint density at radius 2 is 1.59 bits per heavy atom. The Bertz CT molecular complexity index is 1080. The summed E-state index contributed by atoms with van der Waals surface area (Å²) >= 11 is 0. The number of unbranched alkanes of at least 4 members (excludes halogenated alkanes) is 1. The van der Waals surface area contributed by atoms with Crippen LogP contribution >= 0.6 is 0 Å². The first kappa shape index (κ1) is 31.0. The number of imide groups is 1. The minimum Gasteiger partial charge on any atom is -0.481 e. The lowest BCUT2D eigenvalue weighted by Crippen LogP contribution is -2.71. The van der Waals surface area contributed by atoms with Crippen molar-refractivity contribution in [3.8, 4) is 0 Å². The van der Waals surface area contributed by atoms with Gasteiger partial charge in [0.2, 0.25) is 5.91 Å². The molecule has 4 amide bonds. The molecule has 1 aliphatic heterocycles. The van der Waals surface area contributed by atoms with Gasteiger partial charge in [0.25, 0.3) is 0 Å². The number of carboxylic acid groups (broad SMARTS) is 3. The molecule has 1 heterocycles. The predicted octanol–water partition coefficient (Wildman–Crippen LogP) is 1.46. The molecule has 14 nitrogen and oxygen atoms in total. The Balaban J connectivity index is 2.06. The number of carbonyl (C=O) groups excluding carboxylic acids is 3. The maximum Gasteiger partial charge on any atom is 0.407 e. The largest absolute Gasteiger partial charge is 0.481 e. The minimum absolute atomic E-state index is 0.0670. The number of urea groups is 1. The average molecular weight is 552 g/mol. The summed E-state index contributed by atoms with van der Waals surface area (Å²) in [4.78, 5) is 73.9. The molecular weight excluding hydrogens is 518 g/mol. The molecule has 1 fully saturated rings. The quantitative estimate of drug-likeness (QED) is 0.209. The molecular formula is C25H33N3O11. The summed E-state index contributed by atoms with van der Waals surface area (Å²) in [5.74, 6) is -5.58. The zero-order chi connectivity index (χ0) is 29.3. The first-order valence-electron chi connectivity index (χ1n) is 12.2. The zero-order valence-electron chi connectivity index (χ0n) is 21.6. The fourth-order valence-electron chi connectivity index (χ4n) is 4.10. The number of alkyl carbamates (subject to hydrolysis) is 1. The third-order valence-electron chi connectivity index (χ3n) is 6.34. The Morgan fingerprint density at radius 3 is 2.15 bits per heavy atom. The SMILES string of the molecule is CC1(C)C(=O)N(C(CCC(=O)O)C(=O)O)C(=O)N([C@@H](CCCCNC(=O)OCc2ccccc2)C(=O)O)C1O. The number of hydrogen-bond acceptors (Lipinski definition) is 8. The van der Waals surface area contributed by atoms with Crippen molar-refractivity contribution < 1.29 is 53.9 Å². The maximum atomic E-state index is 13.3. The van der Waals surface area contributed by atoms with E-state index < -0.39 is 72.5 Å². The van der Waals surface area contributed by atoms with E-state index in [1.165, 1.54) is 13.8 Å². The summed E-state index contributed by atoms with van der Waals surface area (Å²) in [7, 11) is 0.